The Bertz CT molecular complexity index is 677. The average Bonchev–Trinajstić information content (AvgIpc) is 2.41. The number of anilines is 1. The average molecular weight is 279 g/mol. The van der Waals surface area contributed by atoms with E-state index in [4.69, 9.17) is 0 Å². The number of nitrogens with one attached hydrogen (secondary N) is 1. The van der Waals surface area contributed by atoms with Gasteiger partial charge in [0, 0.05) is 18.1 Å². The van der Waals surface area contributed by atoms with Gasteiger partial charge in [0.2, 0.25) is 5.82 Å². The Balaban J connectivity index is 2.37. The van der Waals surface area contributed by atoms with Crippen molar-refractivity contribution >= 4 is 17.3 Å². The van der Waals surface area contributed by atoms with Gasteiger partial charge in [0.05, 0.1) is 16.6 Å². The molecule has 0 aliphatic carbocycles. The van der Waals surface area contributed by atoms with Crippen LogP contribution in [0.2, 0.25) is 0 Å². The third kappa shape index (κ3) is 2.74. The van der Waals surface area contributed by atoms with E-state index in [1.54, 1.807) is 0 Å². The van der Waals surface area contributed by atoms with Crippen molar-refractivity contribution in [1.29, 1.82) is 0 Å². The molecule has 0 bridgehead atoms. The summed E-state index contributed by atoms with van der Waals surface area (Å²) in [6.45, 7) is 0. The van der Waals surface area contributed by atoms with Gasteiger partial charge in [-0.2, -0.15) is 4.39 Å². The summed E-state index contributed by atoms with van der Waals surface area (Å²) in [5.41, 5.74) is -1.53. The molecule has 1 aromatic carbocycles. The van der Waals surface area contributed by atoms with Gasteiger partial charge in [0.15, 0.2) is 0 Å². The molecule has 0 fully saturated rings. The van der Waals surface area contributed by atoms with E-state index in [-0.39, 0.29) is 0 Å². The summed E-state index contributed by atoms with van der Waals surface area (Å²) in [7, 11) is 0. The molecule has 0 saturated heterocycles. The summed E-state index contributed by atoms with van der Waals surface area (Å²) >= 11 is 0. The zero-order valence-corrected chi connectivity index (χ0v) is 9.84. The van der Waals surface area contributed by atoms with Crippen LogP contribution in [0.5, 0.6) is 0 Å². The molecule has 1 amide bonds. The fourth-order valence-electron chi connectivity index (χ4n) is 1.51. The maximum absolute atomic E-state index is 13.8. The fraction of sp³-hybridized carbons (Fsp3) is 0. The number of amides is 1. The predicted molar refractivity (Wildman–Crippen MR) is 65.2 cm³/mol. The summed E-state index contributed by atoms with van der Waals surface area (Å²) < 4.78 is 27.0. The highest BCUT2D eigenvalue weighted by molar-refractivity contribution is 6.04. The SMILES string of the molecule is O=C(Nc1ccncc1)c1cc(F)cc([N+](=O)[O-])c1F. The number of nitro groups is 1. The first kappa shape index (κ1) is 13.5. The smallest absolute Gasteiger partial charge is 0.308 e. The highest BCUT2D eigenvalue weighted by Crippen LogP contribution is 2.23. The van der Waals surface area contributed by atoms with Crippen LogP contribution in [0, 0.1) is 21.7 Å². The molecule has 0 atom stereocenters. The number of rotatable bonds is 3. The molecule has 1 aromatic heterocycles. The Kier molecular flexibility index (Phi) is 3.65. The molecule has 0 aliphatic rings. The second-order valence-corrected chi connectivity index (χ2v) is 3.73. The molecule has 0 aliphatic heterocycles. The van der Waals surface area contributed by atoms with Crippen LogP contribution in [0.15, 0.2) is 36.7 Å². The Labute approximate surface area is 111 Å². The number of halogens is 2. The van der Waals surface area contributed by atoms with Gasteiger partial charge in [-0.3, -0.25) is 19.9 Å². The van der Waals surface area contributed by atoms with E-state index in [1.807, 2.05) is 0 Å². The van der Waals surface area contributed by atoms with Crippen LogP contribution in [0.25, 0.3) is 0 Å². The highest BCUT2D eigenvalue weighted by atomic mass is 19.1. The Morgan fingerprint density at radius 1 is 1.25 bits per heavy atom. The van der Waals surface area contributed by atoms with Crippen LogP contribution in [0.4, 0.5) is 20.2 Å². The van der Waals surface area contributed by atoms with Crippen molar-refractivity contribution in [3.63, 3.8) is 0 Å². The van der Waals surface area contributed by atoms with Crippen LogP contribution in [-0.2, 0) is 0 Å². The van der Waals surface area contributed by atoms with Gasteiger partial charge in [-0.05, 0) is 18.2 Å². The molecule has 8 heteroatoms. The lowest BCUT2D eigenvalue weighted by molar-refractivity contribution is -0.387. The number of carbonyl (C=O) groups excluding carboxylic acids is 1. The zero-order valence-electron chi connectivity index (χ0n) is 9.84. The first-order chi connectivity index (χ1) is 9.49. The van der Waals surface area contributed by atoms with Gasteiger partial charge in [-0.25, -0.2) is 4.39 Å². The molecule has 0 unspecified atom stereocenters. The molecule has 0 saturated carbocycles. The Morgan fingerprint density at radius 3 is 2.50 bits per heavy atom. The summed E-state index contributed by atoms with van der Waals surface area (Å²) in [5, 5.41) is 12.9. The second kappa shape index (κ2) is 5.39. The fourth-order valence-corrected chi connectivity index (χ4v) is 1.51. The minimum Gasteiger partial charge on any atom is -0.322 e. The Hall–Kier alpha value is -2.90. The van der Waals surface area contributed by atoms with E-state index in [1.165, 1.54) is 24.5 Å². The lowest BCUT2D eigenvalue weighted by Crippen LogP contribution is -2.15. The highest BCUT2D eigenvalue weighted by Gasteiger charge is 2.24. The maximum Gasteiger partial charge on any atom is 0.308 e. The van der Waals surface area contributed by atoms with Crippen LogP contribution >= 0.6 is 0 Å². The van der Waals surface area contributed by atoms with Gasteiger partial charge in [-0.15, -0.1) is 0 Å². The number of pyridine rings is 1. The summed E-state index contributed by atoms with van der Waals surface area (Å²) in [6, 6.07) is 3.88. The molecular formula is C12H7F2N3O3. The molecule has 20 heavy (non-hydrogen) atoms. The van der Waals surface area contributed by atoms with Crippen LogP contribution in [0.1, 0.15) is 10.4 Å². The second-order valence-electron chi connectivity index (χ2n) is 3.73. The normalized spacial score (nSPS) is 10.1. The number of benzene rings is 1. The lowest BCUT2D eigenvalue weighted by Gasteiger charge is -2.06. The van der Waals surface area contributed by atoms with Gasteiger partial charge >= 0.3 is 5.69 Å². The van der Waals surface area contributed by atoms with Crippen molar-refractivity contribution in [3.8, 4) is 0 Å². The summed E-state index contributed by atoms with van der Waals surface area (Å²) in [6.07, 6.45) is 2.78. The Morgan fingerprint density at radius 2 is 1.90 bits per heavy atom. The third-order valence-electron chi connectivity index (χ3n) is 2.40. The molecule has 2 rings (SSSR count). The first-order valence-corrected chi connectivity index (χ1v) is 5.34. The quantitative estimate of drug-likeness (QED) is 0.691. The van der Waals surface area contributed by atoms with Crippen molar-refractivity contribution in [2.24, 2.45) is 0 Å². The van der Waals surface area contributed by atoms with Gasteiger partial charge < -0.3 is 5.32 Å². The van der Waals surface area contributed by atoms with Gasteiger partial charge in [0.1, 0.15) is 5.82 Å². The minimum atomic E-state index is -1.39. The van der Waals surface area contributed by atoms with Crippen LogP contribution < -0.4 is 5.32 Å². The van der Waals surface area contributed by atoms with E-state index in [0.717, 1.165) is 0 Å². The van der Waals surface area contributed by atoms with Gasteiger partial charge in [-0.1, -0.05) is 0 Å². The molecule has 1 N–H and O–H groups in total. The van der Waals surface area contributed by atoms with Crippen molar-refractivity contribution in [3.05, 3.63) is 64.0 Å². The van der Waals surface area contributed by atoms with E-state index < -0.39 is 33.7 Å². The molecule has 1 heterocycles. The molecule has 0 spiro atoms. The lowest BCUT2D eigenvalue weighted by atomic mass is 10.1. The number of nitro benzene ring substituents is 1. The molecule has 6 nitrogen and oxygen atoms in total. The number of aromatic nitrogens is 1. The molecule has 102 valence electrons. The number of carbonyl (C=O) groups is 1. The number of hydrogen-bond acceptors (Lipinski definition) is 4. The largest absolute Gasteiger partial charge is 0.322 e. The summed E-state index contributed by atoms with van der Waals surface area (Å²) in [5.74, 6) is -3.45. The molecular weight excluding hydrogens is 272 g/mol. The van der Waals surface area contributed by atoms with Crippen molar-refractivity contribution < 1.29 is 18.5 Å². The van der Waals surface area contributed by atoms with Crippen molar-refractivity contribution in [1.82, 2.24) is 4.98 Å². The van der Waals surface area contributed by atoms with Crippen molar-refractivity contribution in [2.45, 2.75) is 0 Å². The first-order valence-electron chi connectivity index (χ1n) is 5.34. The minimum absolute atomic E-state index is 0.302. The van der Waals surface area contributed by atoms with E-state index in [2.05, 4.69) is 10.3 Å². The molecule has 0 radical (unpaired) electrons. The predicted octanol–water partition coefficient (Wildman–Crippen LogP) is 2.52. The zero-order chi connectivity index (χ0) is 14.7. The van der Waals surface area contributed by atoms with E-state index in [9.17, 15) is 23.7 Å². The maximum atomic E-state index is 13.8. The number of hydrogen-bond donors (Lipinski definition) is 1. The monoisotopic (exact) mass is 279 g/mol. The van der Waals surface area contributed by atoms with E-state index in [0.29, 0.717) is 17.8 Å². The third-order valence-corrected chi connectivity index (χ3v) is 2.40. The van der Waals surface area contributed by atoms with E-state index >= 15 is 0 Å². The topological polar surface area (TPSA) is 85.1 Å². The standard InChI is InChI=1S/C12H7F2N3O3/c13-7-5-9(11(14)10(6-7)17(19)20)12(18)16-8-1-3-15-4-2-8/h1-6H,(H,15,16,18). The van der Waals surface area contributed by atoms with Crippen LogP contribution in [-0.4, -0.2) is 15.8 Å². The van der Waals surface area contributed by atoms with Crippen molar-refractivity contribution in [2.75, 3.05) is 5.32 Å². The van der Waals surface area contributed by atoms with Gasteiger partial charge in [0.25, 0.3) is 5.91 Å². The molecule has 2 aromatic rings. The number of nitrogens with zero attached hydrogens (tertiary/aromatic N) is 2. The van der Waals surface area contributed by atoms with Crippen LogP contribution in [0.3, 0.4) is 0 Å². The summed E-state index contributed by atoms with van der Waals surface area (Å²) in [4.78, 5) is 25.0.